The van der Waals surface area contributed by atoms with E-state index in [0.717, 1.165) is 15.2 Å². The molecule has 0 unspecified atom stereocenters. The molecule has 22 heavy (non-hydrogen) atoms. The zero-order chi connectivity index (χ0) is 15.3. The van der Waals surface area contributed by atoms with E-state index in [1.165, 1.54) is 0 Å². The highest BCUT2D eigenvalue weighted by Gasteiger charge is 2.47. The van der Waals surface area contributed by atoms with Gasteiger partial charge in [0.15, 0.2) is 0 Å². The Hall–Kier alpha value is -1.54. The van der Waals surface area contributed by atoms with Crippen LogP contribution in [0.1, 0.15) is 15.4 Å². The van der Waals surface area contributed by atoms with Crippen LogP contribution >= 0.6 is 11.3 Å². The molecule has 4 rings (SSSR count). The van der Waals surface area contributed by atoms with Crippen LogP contribution in [0.15, 0.2) is 18.2 Å². The summed E-state index contributed by atoms with van der Waals surface area (Å²) in [7, 11) is 0. The molecule has 2 aliphatic rings. The van der Waals surface area contributed by atoms with Crippen LogP contribution < -0.4 is 5.32 Å². The molecule has 0 saturated carbocycles. The number of aliphatic hydroxyl groups is 1. The van der Waals surface area contributed by atoms with Crippen LogP contribution in [0.3, 0.4) is 0 Å². The largest absolute Gasteiger partial charge is 0.388 e. The first-order chi connectivity index (χ1) is 10.6. The topological polar surface area (TPSA) is 80.7 Å². The van der Waals surface area contributed by atoms with E-state index in [1.807, 2.05) is 19.1 Å². The number of rotatable bonds is 2. The Labute approximate surface area is 131 Å². The maximum atomic E-state index is 12.4. The standard InChI is InChI=1S/C15H16N2O4S/c1-7-16-9-3-2-8(4-12(9)22-7)15(19)17-10-5-20-14-11(18)6-21-13(10)14/h2-4,10-11,13-14,18H,5-6H2,1H3,(H,17,19)/t10-,11+,13+,14+/m0/s1. The van der Waals surface area contributed by atoms with Crippen LogP contribution in [0.2, 0.25) is 0 Å². The van der Waals surface area contributed by atoms with Crippen molar-refractivity contribution in [1.82, 2.24) is 10.3 Å². The van der Waals surface area contributed by atoms with E-state index in [9.17, 15) is 9.90 Å². The highest BCUT2D eigenvalue weighted by atomic mass is 32.1. The lowest BCUT2D eigenvalue weighted by Crippen LogP contribution is -2.44. The number of carbonyl (C=O) groups excluding carboxylic acids is 1. The molecule has 1 amide bonds. The first kappa shape index (κ1) is 14.1. The third kappa shape index (κ3) is 2.30. The second-order valence-electron chi connectivity index (χ2n) is 5.66. The minimum absolute atomic E-state index is 0.160. The van der Waals surface area contributed by atoms with Gasteiger partial charge in [-0.3, -0.25) is 4.79 Å². The van der Waals surface area contributed by atoms with Crippen molar-refractivity contribution in [2.45, 2.75) is 31.3 Å². The van der Waals surface area contributed by atoms with E-state index in [-0.39, 0.29) is 30.8 Å². The summed E-state index contributed by atoms with van der Waals surface area (Å²) >= 11 is 1.57. The first-order valence-corrected chi connectivity index (χ1v) is 8.03. The van der Waals surface area contributed by atoms with Crippen molar-refractivity contribution in [3.05, 3.63) is 28.8 Å². The molecule has 2 aromatic rings. The highest BCUT2D eigenvalue weighted by Crippen LogP contribution is 2.27. The van der Waals surface area contributed by atoms with Crippen LogP contribution in [0, 0.1) is 6.92 Å². The Morgan fingerprint density at radius 3 is 3.05 bits per heavy atom. The maximum Gasteiger partial charge on any atom is 0.251 e. The number of aliphatic hydroxyl groups excluding tert-OH is 1. The third-order valence-corrected chi connectivity index (χ3v) is 5.03. The maximum absolute atomic E-state index is 12.4. The molecule has 116 valence electrons. The number of hydrogen-bond acceptors (Lipinski definition) is 6. The highest BCUT2D eigenvalue weighted by molar-refractivity contribution is 7.18. The zero-order valence-electron chi connectivity index (χ0n) is 12.0. The number of aryl methyl sites for hydroxylation is 1. The number of nitrogens with one attached hydrogen (secondary N) is 1. The molecular formula is C15H16N2O4S. The quantitative estimate of drug-likeness (QED) is 0.858. The number of amides is 1. The van der Waals surface area contributed by atoms with Gasteiger partial charge < -0.3 is 19.9 Å². The fourth-order valence-corrected chi connectivity index (χ4v) is 3.90. The lowest BCUT2D eigenvalue weighted by molar-refractivity contribution is 0.0178. The molecule has 4 atom stereocenters. The molecule has 1 aromatic carbocycles. The van der Waals surface area contributed by atoms with Gasteiger partial charge in [0, 0.05) is 5.56 Å². The fourth-order valence-electron chi connectivity index (χ4n) is 3.04. The number of nitrogens with zero attached hydrogens (tertiary/aromatic N) is 1. The third-order valence-electron chi connectivity index (χ3n) is 4.10. The molecule has 2 saturated heterocycles. The van der Waals surface area contributed by atoms with E-state index in [0.29, 0.717) is 12.2 Å². The average molecular weight is 320 g/mol. The van der Waals surface area contributed by atoms with Crippen LogP contribution in [-0.2, 0) is 9.47 Å². The Bertz CT molecular complexity index is 731. The van der Waals surface area contributed by atoms with E-state index in [1.54, 1.807) is 17.4 Å². The van der Waals surface area contributed by atoms with Crippen LogP contribution in [-0.4, -0.2) is 53.6 Å². The summed E-state index contributed by atoms with van der Waals surface area (Å²) in [5.41, 5.74) is 1.50. The van der Waals surface area contributed by atoms with Gasteiger partial charge in [-0.15, -0.1) is 11.3 Å². The number of fused-ring (bicyclic) bond motifs is 2. The van der Waals surface area contributed by atoms with Gasteiger partial charge in [0.05, 0.1) is 34.5 Å². The molecule has 2 aliphatic heterocycles. The summed E-state index contributed by atoms with van der Waals surface area (Å²) in [5.74, 6) is -0.160. The van der Waals surface area contributed by atoms with Crippen molar-refractivity contribution in [3.8, 4) is 0 Å². The monoisotopic (exact) mass is 320 g/mol. The van der Waals surface area contributed by atoms with Gasteiger partial charge in [0.1, 0.15) is 18.3 Å². The molecule has 3 heterocycles. The minimum atomic E-state index is -0.608. The lowest BCUT2D eigenvalue weighted by Gasteiger charge is -2.17. The zero-order valence-corrected chi connectivity index (χ0v) is 12.8. The molecule has 1 aromatic heterocycles. The molecule has 0 bridgehead atoms. The Kier molecular flexibility index (Phi) is 3.37. The number of aromatic nitrogens is 1. The van der Waals surface area contributed by atoms with Gasteiger partial charge in [-0.25, -0.2) is 4.98 Å². The smallest absolute Gasteiger partial charge is 0.251 e. The molecule has 0 aliphatic carbocycles. The molecule has 0 radical (unpaired) electrons. The van der Waals surface area contributed by atoms with Gasteiger partial charge in [-0.2, -0.15) is 0 Å². The molecule has 2 fully saturated rings. The summed E-state index contributed by atoms with van der Waals surface area (Å²) in [4.78, 5) is 16.8. The average Bonchev–Trinajstić information content (AvgIpc) is 3.15. The minimum Gasteiger partial charge on any atom is -0.388 e. The lowest BCUT2D eigenvalue weighted by atomic mass is 10.1. The SMILES string of the molecule is Cc1nc2ccc(C(=O)N[C@H]3CO[C@H]4[C@@H]3OC[C@H]4O)cc2s1. The van der Waals surface area contributed by atoms with Crippen molar-refractivity contribution < 1.29 is 19.4 Å². The Morgan fingerprint density at radius 2 is 2.18 bits per heavy atom. The number of hydrogen-bond donors (Lipinski definition) is 2. The fraction of sp³-hybridized carbons (Fsp3) is 0.467. The summed E-state index contributed by atoms with van der Waals surface area (Å²) in [6.07, 6.45) is -1.21. The van der Waals surface area contributed by atoms with Gasteiger partial charge >= 0.3 is 0 Å². The molecule has 6 nitrogen and oxygen atoms in total. The van der Waals surface area contributed by atoms with Crippen LogP contribution in [0.25, 0.3) is 10.2 Å². The van der Waals surface area contributed by atoms with Crippen LogP contribution in [0.5, 0.6) is 0 Å². The summed E-state index contributed by atoms with van der Waals surface area (Å²) in [5, 5.41) is 13.6. The number of carbonyl (C=O) groups is 1. The van der Waals surface area contributed by atoms with Gasteiger partial charge in [-0.1, -0.05) is 0 Å². The van der Waals surface area contributed by atoms with E-state index in [2.05, 4.69) is 10.3 Å². The number of benzene rings is 1. The molecule has 0 spiro atoms. The van der Waals surface area contributed by atoms with Gasteiger partial charge in [0.25, 0.3) is 5.91 Å². The van der Waals surface area contributed by atoms with E-state index in [4.69, 9.17) is 9.47 Å². The predicted molar refractivity (Wildman–Crippen MR) is 81.1 cm³/mol. The van der Waals surface area contributed by atoms with Crippen molar-refractivity contribution in [1.29, 1.82) is 0 Å². The van der Waals surface area contributed by atoms with E-state index < -0.39 is 6.10 Å². The second kappa shape index (κ2) is 5.27. The second-order valence-corrected chi connectivity index (χ2v) is 6.89. The van der Waals surface area contributed by atoms with Crippen LogP contribution in [0.4, 0.5) is 0 Å². The summed E-state index contributed by atoms with van der Waals surface area (Å²) in [6, 6.07) is 5.26. The van der Waals surface area contributed by atoms with E-state index >= 15 is 0 Å². The van der Waals surface area contributed by atoms with Crippen molar-refractivity contribution in [2.75, 3.05) is 13.2 Å². The summed E-state index contributed by atoms with van der Waals surface area (Å²) in [6.45, 7) is 2.57. The molecule has 7 heteroatoms. The summed E-state index contributed by atoms with van der Waals surface area (Å²) < 4.78 is 12.0. The van der Waals surface area contributed by atoms with Gasteiger partial charge in [0.2, 0.25) is 0 Å². The number of ether oxygens (including phenoxy) is 2. The van der Waals surface area contributed by atoms with Gasteiger partial charge in [-0.05, 0) is 25.1 Å². The van der Waals surface area contributed by atoms with Crippen molar-refractivity contribution in [2.24, 2.45) is 0 Å². The van der Waals surface area contributed by atoms with Crippen molar-refractivity contribution >= 4 is 27.5 Å². The van der Waals surface area contributed by atoms with Crippen molar-refractivity contribution in [3.63, 3.8) is 0 Å². The Morgan fingerprint density at radius 1 is 1.36 bits per heavy atom. The molecule has 2 N–H and O–H groups in total. The predicted octanol–water partition coefficient (Wildman–Crippen LogP) is 0.862. The Balaban J connectivity index is 1.51. The number of thiazole rings is 1. The normalized spacial score (nSPS) is 30.6. The molecular weight excluding hydrogens is 304 g/mol. The first-order valence-electron chi connectivity index (χ1n) is 7.21.